The molecule has 14 heteroatoms. The summed E-state index contributed by atoms with van der Waals surface area (Å²) in [7, 11) is -3.70. The smallest absolute Gasteiger partial charge is 0.368 e. The molecular formula is C26H27F3N6O3S2. The van der Waals surface area contributed by atoms with Crippen LogP contribution in [0.2, 0.25) is 0 Å². The summed E-state index contributed by atoms with van der Waals surface area (Å²) in [6.45, 7) is 3.85. The van der Waals surface area contributed by atoms with E-state index in [4.69, 9.17) is 9.72 Å². The summed E-state index contributed by atoms with van der Waals surface area (Å²) in [6, 6.07) is 5.96. The maximum atomic E-state index is 14.1. The average Bonchev–Trinajstić information content (AvgIpc) is 3.26. The predicted octanol–water partition coefficient (Wildman–Crippen LogP) is 4.27. The Morgan fingerprint density at radius 2 is 2.10 bits per heavy atom. The summed E-state index contributed by atoms with van der Waals surface area (Å²) < 4.78 is 73.9. The molecule has 7 rings (SSSR count). The summed E-state index contributed by atoms with van der Waals surface area (Å²) in [5.41, 5.74) is -0.769. The largest absolute Gasteiger partial charge is 0.420 e. The van der Waals surface area contributed by atoms with Gasteiger partial charge in [-0.05, 0) is 43.9 Å². The number of aromatic nitrogens is 3. The second-order valence-corrected chi connectivity index (χ2v) is 13.8. The number of piperazine rings is 1. The Bertz CT molecular complexity index is 1610. The molecule has 3 aromatic rings. The SMILES string of the molecule is CCc1nc(N2C[C@H]3C[C@@H]2CN3)ccc1Nc1ncc(C(F)(F)F)c(-c2cc3c(s2)C2(CC2)OCCS3(=O)=O)n1. The molecule has 1 aliphatic carbocycles. The number of aryl methyl sites for hydroxylation is 1. The molecule has 2 saturated heterocycles. The number of nitrogens with one attached hydrogen (secondary N) is 2. The number of fused-ring (bicyclic) bond motifs is 4. The third-order valence-electron chi connectivity index (χ3n) is 8.10. The van der Waals surface area contributed by atoms with Crippen LogP contribution in [0.15, 0.2) is 29.3 Å². The van der Waals surface area contributed by atoms with E-state index in [2.05, 4.69) is 25.5 Å². The minimum Gasteiger partial charge on any atom is -0.368 e. The number of nitrogens with zero attached hydrogens (tertiary/aromatic N) is 4. The molecule has 2 atom stereocenters. The van der Waals surface area contributed by atoms with Gasteiger partial charge in [-0.25, -0.2) is 23.4 Å². The van der Waals surface area contributed by atoms with E-state index in [1.54, 1.807) is 0 Å². The van der Waals surface area contributed by atoms with Crippen LogP contribution >= 0.6 is 11.3 Å². The first-order valence-corrected chi connectivity index (χ1v) is 15.8. The second-order valence-electron chi connectivity index (χ2n) is 10.7. The number of sulfone groups is 1. The van der Waals surface area contributed by atoms with Gasteiger partial charge in [0, 0.05) is 31.4 Å². The van der Waals surface area contributed by atoms with Crippen molar-refractivity contribution in [2.45, 2.75) is 61.4 Å². The van der Waals surface area contributed by atoms with E-state index < -0.39 is 27.2 Å². The lowest BCUT2D eigenvalue weighted by atomic mass is 10.2. The van der Waals surface area contributed by atoms with Crippen molar-refractivity contribution in [1.82, 2.24) is 20.3 Å². The topological polar surface area (TPSA) is 109 Å². The van der Waals surface area contributed by atoms with Crippen LogP contribution in [-0.2, 0) is 32.8 Å². The Balaban J connectivity index is 1.26. The fourth-order valence-electron chi connectivity index (χ4n) is 5.88. The van der Waals surface area contributed by atoms with Gasteiger partial charge in [0.05, 0.1) is 44.1 Å². The molecule has 0 radical (unpaired) electrons. The van der Waals surface area contributed by atoms with Crippen molar-refractivity contribution in [3.63, 3.8) is 0 Å². The minimum atomic E-state index is -4.73. The molecule has 212 valence electrons. The van der Waals surface area contributed by atoms with Crippen molar-refractivity contribution < 1.29 is 26.3 Å². The highest BCUT2D eigenvalue weighted by Gasteiger charge is 2.52. The number of hydrogen-bond donors (Lipinski definition) is 2. The maximum absolute atomic E-state index is 14.1. The molecule has 6 heterocycles. The molecule has 4 aliphatic rings. The van der Waals surface area contributed by atoms with E-state index in [1.807, 2.05) is 19.1 Å². The van der Waals surface area contributed by atoms with E-state index in [1.165, 1.54) is 6.07 Å². The monoisotopic (exact) mass is 592 g/mol. The standard InChI is InChI=1S/C26H27F3N6O3S2/c1-2-17-18(3-4-21(32-17)35-13-14-9-15(35)11-30-14)33-24-31-12-16(26(27,28)29)22(34-24)19-10-20-23(39-19)25(5-6-25)38-7-8-40(20,36)37/h3-4,10,12,14-15,30H,2,5-9,11,13H2,1H3,(H,31,33,34)/t14-,15-/m1/s1. The average molecular weight is 593 g/mol. The summed E-state index contributed by atoms with van der Waals surface area (Å²) in [4.78, 5) is 16.0. The van der Waals surface area contributed by atoms with Gasteiger partial charge >= 0.3 is 6.18 Å². The Kier molecular flexibility index (Phi) is 5.94. The van der Waals surface area contributed by atoms with Gasteiger partial charge in [-0.15, -0.1) is 11.3 Å². The number of pyridine rings is 1. The summed E-state index contributed by atoms with van der Waals surface area (Å²) in [6.07, 6.45) is -1.03. The van der Waals surface area contributed by atoms with Crippen LogP contribution < -0.4 is 15.5 Å². The van der Waals surface area contributed by atoms with E-state index in [0.717, 1.165) is 48.6 Å². The van der Waals surface area contributed by atoms with Gasteiger partial charge in [0.1, 0.15) is 17.0 Å². The van der Waals surface area contributed by atoms with Gasteiger partial charge in [0.15, 0.2) is 9.84 Å². The third-order valence-corrected chi connectivity index (χ3v) is 11.3. The first-order chi connectivity index (χ1) is 19.1. The van der Waals surface area contributed by atoms with Crippen LogP contribution in [0, 0.1) is 0 Å². The number of anilines is 3. The molecule has 3 aliphatic heterocycles. The number of hydrogen-bond acceptors (Lipinski definition) is 10. The van der Waals surface area contributed by atoms with Gasteiger partial charge in [-0.2, -0.15) is 13.2 Å². The lowest BCUT2D eigenvalue weighted by molar-refractivity contribution is -0.137. The van der Waals surface area contributed by atoms with Crippen LogP contribution in [0.1, 0.15) is 42.3 Å². The second kappa shape index (κ2) is 9.10. The molecule has 0 unspecified atom stereocenters. The minimum absolute atomic E-state index is 0.0273. The Morgan fingerprint density at radius 1 is 1.27 bits per heavy atom. The molecular weight excluding hydrogens is 565 g/mol. The highest BCUT2D eigenvalue weighted by atomic mass is 32.2. The number of ether oxygens (including phenoxy) is 1. The zero-order chi connectivity index (χ0) is 27.9. The summed E-state index contributed by atoms with van der Waals surface area (Å²) in [5.74, 6) is 0.641. The van der Waals surface area contributed by atoms with Gasteiger partial charge in [-0.3, -0.25) is 0 Å². The van der Waals surface area contributed by atoms with Crippen LogP contribution in [0.4, 0.5) is 30.6 Å². The zero-order valence-electron chi connectivity index (χ0n) is 21.6. The van der Waals surface area contributed by atoms with Crippen LogP contribution in [-0.4, -0.2) is 60.9 Å². The molecule has 3 fully saturated rings. The number of alkyl halides is 3. The predicted molar refractivity (Wildman–Crippen MR) is 144 cm³/mol. The molecule has 2 N–H and O–H groups in total. The Labute approximate surface area is 233 Å². The lowest BCUT2D eigenvalue weighted by Gasteiger charge is -2.29. The summed E-state index contributed by atoms with van der Waals surface area (Å²) in [5, 5.41) is 6.54. The number of rotatable bonds is 5. The van der Waals surface area contributed by atoms with Gasteiger partial charge in [-0.1, -0.05) is 6.92 Å². The Morgan fingerprint density at radius 3 is 2.77 bits per heavy atom. The first-order valence-electron chi connectivity index (χ1n) is 13.3. The normalized spacial score (nSPS) is 24.2. The van der Waals surface area contributed by atoms with E-state index >= 15 is 0 Å². The fraction of sp³-hybridized carbons (Fsp3) is 0.500. The highest BCUT2D eigenvalue weighted by Crippen LogP contribution is 2.56. The highest BCUT2D eigenvalue weighted by molar-refractivity contribution is 7.91. The van der Waals surface area contributed by atoms with Crippen molar-refractivity contribution in [3.05, 3.63) is 40.5 Å². The molecule has 1 saturated carbocycles. The van der Waals surface area contributed by atoms with Crippen molar-refractivity contribution in [2.75, 3.05) is 35.7 Å². The number of thiophene rings is 1. The zero-order valence-corrected chi connectivity index (χ0v) is 23.2. The Hall–Kier alpha value is -2.81. The summed E-state index contributed by atoms with van der Waals surface area (Å²) >= 11 is 1.00. The fourth-order valence-corrected chi connectivity index (χ4v) is 9.01. The van der Waals surface area contributed by atoms with Crippen molar-refractivity contribution in [2.24, 2.45) is 0 Å². The van der Waals surface area contributed by atoms with E-state index in [-0.39, 0.29) is 33.8 Å². The van der Waals surface area contributed by atoms with Crippen LogP contribution in [0.3, 0.4) is 0 Å². The molecule has 2 bridgehead atoms. The van der Waals surface area contributed by atoms with Crippen LogP contribution in [0.25, 0.3) is 10.6 Å². The first kappa shape index (κ1) is 26.1. The molecule has 3 aromatic heterocycles. The maximum Gasteiger partial charge on any atom is 0.420 e. The van der Waals surface area contributed by atoms with Gasteiger partial charge in [0.2, 0.25) is 5.95 Å². The van der Waals surface area contributed by atoms with E-state index in [9.17, 15) is 21.6 Å². The van der Waals surface area contributed by atoms with Crippen molar-refractivity contribution >= 4 is 38.6 Å². The van der Waals surface area contributed by atoms with Crippen molar-refractivity contribution in [1.29, 1.82) is 0 Å². The van der Waals surface area contributed by atoms with Gasteiger partial charge in [0.25, 0.3) is 0 Å². The molecule has 1 spiro atoms. The molecule has 0 aromatic carbocycles. The quantitative estimate of drug-likeness (QED) is 0.449. The van der Waals surface area contributed by atoms with Gasteiger partial charge < -0.3 is 20.3 Å². The molecule has 0 amide bonds. The molecule has 9 nitrogen and oxygen atoms in total. The van der Waals surface area contributed by atoms with E-state index in [0.29, 0.717) is 41.9 Å². The number of halogens is 3. The van der Waals surface area contributed by atoms with Crippen LogP contribution in [0.5, 0.6) is 0 Å². The third kappa shape index (κ3) is 4.35. The lowest BCUT2D eigenvalue weighted by Crippen LogP contribution is -2.44. The van der Waals surface area contributed by atoms with Crippen molar-refractivity contribution in [3.8, 4) is 10.6 Å². The molecule has 40 heavy (non-hydrogen) atoms.